The first-order valence-corrected chi connectivity index (χ1v) is 8.54. The number of rotatable bonds is 5. The lowest BCUT2D eigenvalue weighted by Gasteiger charge is -2.10. The van der Waals surface area contributed by atoms with Crippen LogP contribution in [0, 0.1) is 0 Å². The Morgan fingerprint density at radius 1 is 1.00 bits per heavy atom. The number of esters is 1. The van der Waals surface area contributed by atoms with Gasteiger partial charge < -0.3 is 9.47 Å². The topological polar surface area (TPSA) is 48.4 Å². The number of carbonyl (C=O) groups is 1. The van der Waals surface area contributed by atoms with E-state index in [1.165, 1.54) is 7.11 Å². The molecule has 3 rings (SSSR count). The van der Waals surface area contributed by atoms with E-state index in [0.717, 1.165) is 5.56 Å². The van der Waals surface area contributed by atoms with Crippen LogP contribution in [-0.2, 0) is 11.3 Å². The molecule has 0 saturated carbocycles. The van der Waals surface area contributed by atoms with E-state index in [0.29, 0.717) is 39.4 Å². The third-order valence-electron chi connectivity index (χ3n) is 3.61. The summed E-state index contributed by atoms with van der Waals surface area (Å²) < 4.78 is 10.6. The average Bonchev–Trinajstić information content (AvgIpc) is 2.65. The van der Waals surface area contributed by atoms with Gasteiger partial charge in [0, 0.05) is 21.7 Å². The van der Waals surface area contributed by atoms with Crippen molar-refractivity contribution in [1.82, 2.24) is 4.98 Å². The molecule has 0 fully saturated rings. The molecule has 1 aromatic heterocycles. The summed E-state index contributed by atoms with van der Waals surface area (Å²) in [5.41, 5.74) is 2.51. The molecule has 0 aliphatic rings. The fourth-order valence-electron chi connectivity index (χ4n) is 2.40. The highest BCUT2D eigenvalue weighted by molar-refractivity contribution is 6.35. The van der Waals surface area contributed by atoms with Crippen LogP contribution in [0.15, 0.2) is 60.7 Å². The summed E-state index contributed by atoms with van der Waals surface area (Å²) in [7, 11) is 1.32. The lowest BCUT2D eigenvalue weighted by molar-refractivity contribution is 0.0600. The van der Waals surface area contributed by atoms with Gasteiger partial charge >= 0.3 is 5.97 Å². The van der Waals surface area contributed by atoms with Gasteiger partial charge in [-0.3, -0.25) is 0 Å². The van der Waals surface area contributed by atoms with Crippen LogP contribution >= 0.6 is 23.2 Å². The van der Waals surface area contributed by atoms with Crippen LogP contribution in [0.5, 0.6) is 5.88 Å². The molecular weight excluding hydrogens is 373 g/mol. The first-order valence-electron chi connectivity index (χ1n) is 7.79. The van der Waals surface area contributed by atoms with Crippen LogP contribution in [0.3, 0.4) is 0 Å². The quantitative estimate of drug-likeness (QED) is 0.548. The number of aromatic nitrogens is 1. The minimum atomic E-state index is -0.480. The molecule has 0 saturated heterocycles. The van der Waals surface area contributed by atoms with Crippen molar-refractivity contribution in [2.75, 3.05) is 7.11 Å². The normalized spacial score (nSPS) is 10.4. The number of methoxy groups -OCH3 is 1. The summed E-state index contributed by atoms with van der Waals surface area (Å²) in [6.07, 6.45) is 0. The van der Waals surface area contributed by atoms with E-state index < -0.39 is 5.97 Å². The second-order valence-electron chi connectivity index (χ2n) is 5.50. The smallest absolute Gasteiger partial charge is 0.338 e. The van der Waals surface area contributed by atoms with Crippen LogP contribution in [-0.4, -0.2) is 18.1 Å². The highest BCUT2D eigenvalue weighted by Gasteiger charge is 2.13. The molecule has 3 aromatic rings. The first-order chi connectivity index (χ1) is 12.5. The Morgan fingerprint density at radius 2 is 1.69 bits per heavy atom. The molecule has 1 heterocycles. The van der Waals surface area contributed by atoms with Gasteiger partial charge in [-0.15, -0.1) is 0 Å². The van der Waals surface area contributed by atoms with Crippen LogP contribution in [0.25, 0.3) is 11.3 Å². The van der Waals surface area contributed by atoms with Crippen molar-refractivity contribution in [3.63, 3.8) is 0 Å². The zero-order chi connectivity index (χ0) is 18.5. The SMILES string of the molecule is COC(=O)c1cc(OCc2ccccc2)nc(-c2cc(Cl)cc(Cl)c2)c1. The summed E-state index contributed by atoms with van der Waals surface area (Å²) in [5, 5.41) is 0.953. The lowest BCUT2D eigenvalue weighted by atomic mass is 10.1. The number of ether oxygens (including phenoxy) is 2. The van der Waals surface area contributed by atoms with Crippen molar-refractivity contribution < 1.29 is 14.3 Å². The Labute approximate surface area is 161 Å². The van der Waals surface area contributed by atoms with Crippen molar-refractivity contribution >= 4 is 29.2 Å². The molecule has 26 heavy (non-hydrogen) atoms. The van der Waals surface area contributed by atoms with Gasteiger partial charge in [-0.05, 0) is 29.8 Å². The van der Waals surface area contributed by atoms with Crippen molar-refractivity contribution in [3.8, 4) is 17.1 Å². The van der Waals surface area contributed by atoms with Gasteiger partial charge in [0.15, 0.2) is 0 Å². The molecule has 2 aromatic carbocycles. The van der Waals surface area contributed by atoms with Crippen LogP contribution < -0.4 is 4.74 Å². The molecule has 0 amide bonds. The van der Waals surface area contributed by atoms with E-state index >= 15 is 0 Å². The van der Waals surface area contributed by atoms with Gasteiger partial charge in [0.05, 0.1) is 18.4 Å². The number of hydrogen-bond donors (Lipinski definition) is 0. The van der Waals surface area contributed by atoms with Crippen LogP contribution in [0.4, 0.5) is 0 Å². The highest BCUT2D eigenvalue weighted by Crippen LogP contribution is 2.28. The standard InChI is InChI=1S/C20H15Cl2NO3/c1-25-20(24)15-9-18(14-7-16(21)11-17(22)8-14)23-19(10-15)26-12-13-5-3-2-4-6-13/h2-11H,12H2,1H3. The van der Waals surface area contributed by atoms with Crippen LogP contribution in [0.1, 0.15) is 15.9 Å². The van der Waals surface area contributed by atoms with Gasteiger partial charge in [0.1, 0.15) is 6.61 Å². The number of pyridine rings is 1. The average molecular weight is 388 g/mol. The predicted molar refractivity (Wildman–Crippen MR) is 102 cm³/mol. The molecule has 0 N–H and O–H groups in total. The van der Waals surface area contributed by atoms with Gasteiger partial charge in [-0.1, -0.05) is 53.5 Å². The summed E-state index contributed by atoms with van der Waals surface area (Å²) in [5.74, 6) is -0.172. The molecule has 0 atom stereocenters. The fraction of sp³-hybridized carbons (Fsp3) is 0.100. The van der Waals surface area contributed by atoms with Crippen molar-refractivity contribution in [1.29, 1.82) is 0 Å². The van der Waals surface area contributed by atoms with E-state index in [1.54, 1.807) is 30.3 Å². The van der Waals surface area contributed by atoms with Gasteiger partial charge in [-0.25, -0.2) is 9.78 Å². The number of benzene rings is 2. The maximum Gasteiger partial charge on any atom is 0.338 e. The summed E-state index contributed by atoms with van der Waals surface area (Å²) in [6, 6.07) is 17.9. The molecule has 0 aliphatic carbocycles. The molecule has 4 nitrogen and oxygen atoms in total. The Kier molecular flexibility index (Phi) is 5.76. The first kappa shape index (κ1) is 18.2. The van der Waals surface area contributed by atoms with Gasteiger partial charge in [0.2, 0.25) is 5.88 Å². The van der Waals surface area contributed by atoms with Crippen molar-refractivity contribution in [2.45, 2.75) is 6.61 Å². The predicted octanol–water partition coefficient (Wildman–Crippen LogP) is 5.42. The Balaban J connectivity index is 1.97. The number of nitrogens with zero attached hydrogens (tertiary/aromatic N) is 1. The molecular formula is C20H15Cl2NO3. The molecule has 0 radical (unpaired) electrons. The molecule has 0 bridgehead atoms. The highest BCUT2D eigenvalue weighted by atomic mass is 35.5. The van der Waals surface area contributed by atoms with Crippen molar-refractivity contribution in [2.24, 2.45) is 0 Å². The second kappa shape index (κ2) is 8.21. The minimum absolute atomic E-state index is 0.308. The minimum Gasteiger partial charge on any atom is -0.473 e. The number of halogens is 2. The second-order valence-corrected chi connectivity index (χ2v) is 6.38. The van der Waals surface area contributed by atoms with Gasteiger partial charge in [0.25, 0.3) is 0 Å². The number of carbonyl (C=O) groups excluding carboxylic acids is 1. The summed E-state index contributed by atoms with van der Waals surface area (Å²) >= 11 is 12.2. The van der Waals surface area contributed by atoms with Gasteiger partial charge in [-0.2, -0.15) is 0 Å². The summed E-state index contributed by atoms with van der Waals surface area (Å²) in [6.45, 7) is 0.328. The molecule has 0 aliphatic heterocycles. The van der Waals surface area contributed by atoms with Crippen molar-refractivity contribution in [3.05, 3.63) is 81.8 Å². The Morgan fingerprint density at radius 3 is 2.35 bits per heavy atom. The molecule has 0 unspecified atom stereocenters. The monoisotopic (exact) mass is 387 g/mol. The molecule has 132 valence electrons. The maximum atomic E-state index is 12.0. The van der Waals surface area contributed by atoms with E-state index in [2.05, 4.69) is 4.98 Å². The van der Waals surface area contributed by atoms with Crippen LogP contribution in [0.2, 0.25) is 10.0 Å². The fourth-order valence-corrected chi connectivity index (χ4v) is 2.92. The van der Waals surface area contributed by atoms with E-state index in [1.807, 2.05) is 30.3 Å². The maximum absolute atomic E-state index is 12.0. The summed E-state index contributed by atoms with van der Waals surface area (Å²) in [4.78, 5) is 16.5. The van der Waals surface area contributed by atoms with E-state index in [4.69, 9.17) is 32.7 Å². The van der Waals surface area contributed by atoms with E-state index in [9.17, 15) is 4.79 Å². The Hall–Kier alpha value is -2.56. The molecule has 0 spiro atoms. The largest absolute Gasteiger partial charge is 0.473 e. The zero-order valence-electron chi connectivity index (χ0n) is 13.9. The third-order valence-corrected chi connectivity index (χ3v) is 4.05. The zero-order valence-corrected chi connectivity index (χ0v) is 15.4. The third kappa shape index (κ3) is 4.54. The Bertz CT molecular complexity index is 909. The molecule has 6 heteroatoms. The van der Waals surface area contributed by atoms with E-state index in [-0.39, 0.29) is 0 Å². The lowest BCUT2D eigenvalue weighted by Crippen LogP contribution is -2.05. The number of hydrogen-bond acceptors (Lipinski definition) is 4.